The number of carbonyl (C=O) groups excluding carboxylic acids is 1. The monoisotopic (exact) mass is 371 g/mol. The van der Waals surface area contributed by atoms with Crippen LogP contribution >= 0.6 is 24.0 Å². The number of ether oxygens (including phenoxy) is 3. The molecule has 0 bridgehead atoms. The van der Waals surface area contributed by atoms with Crippen LogP contribution in [0.2, 0.25) is 0 Å². The highest BCUT2D eigenvalue weighted by molar-refractivity contribution is 8.27. The third kappa shape index (κ3) is 2.96. The summed E-state index contributed by atoms with van der Waals surface area (Å²) in [4.78, 5) is 14.9. The lowest BCUT2D eigenvalue weighted by molar-refractivity contribution is -0.113. The van der Waals surface area contributed by atoms with E-state index in [-0.39, 0.29) is 12.7 Å². The lowest BCUT2D eigenvalue weighted by Crippen LogP contribution is -2.27. The predicted molar refractivity (Wildman–Crippen MR) is 101 cm³/mol. The zero-order chi connectivity index (χ0) is 17.4. The first-order valence-electron chi connectivity index (χ1n) is 7.47. The Morgan fingerprint density at radius 3 is 2.68 bits per heavy atom. The quantitative estimate of drug-likeness (QED) is 0.604. The molecule has 0 spiro atoms. The molecule has 2 aliphatic rings. The molecule has 0 N–H and O–H groups in total. The molecule has 25 heavy (non-hydrogen) atoms. The molecule has 1 saturated heterocycles. The highest BCUT2D eigenvalue weighted by Gasteiger charge is 2.33. The molecule has 126 valence electrons. The van der Waals surface area contributed by atoms with Crippen LogP contribution in [0.1, 0.15) is 5.56 Å². The van der Waals surface area contributed by atoms with Crippen LogP contribution in [-0.4, -0.2) is 24.1 Å². The van der Waals surface area contributed by atoms with Crippen LogP contribution in [0.25, 0.3) is 6.08 Å². The Labute approximate surface area is 154 Å². The zero-order valence-corrected chi connectivity index (χ0v) is 14.9. The van der Waals surface area contributed by atoms with Crippen molar-refractivity contribution < 1.29 is 19.0 Å². The number of carbonyl (C=O) groups is 1. The number of benzene rings is 2. The maximum absolute atomic E-state index is 12.8. The Hall–Kier alpha value is -2.51. The van der Waals surface area contributed by atoms with E-state index in [0.717, 1.165) is 17.0 Å². The second-order valence-electron chi connectivity index (χ2n) is 5.33. The summed E-state index contributed by atoms with van der Waals surface area (Å²) in [7, 11) is 1.60. The molecule has 0 unspecified atom stereocenters. The number of fused-ring (bicyclic) bond motifs is 1. The molecule has 0 aliphatic carbocycles. The van der Waals surface area contributed by atoms with Gasteiger partial charge in [-0.3, -0.25) is 9.69 Å². The minimum Gasteiger partial charge on any atom is -0.497 e. The van der Waals surface area contributed by atoms with Crippen LogP contribution < -0.4 is 19.1 Å². The summed E-state index contributed by atoms with van der Waals surface area (Å²) in [5.74, 6) is 1.98. The van der Waals surface area contributed by atoms with E-state index in [1.807, 2.05) is 36.4 Å². The van der Waals surface area contributed by atoms with Crippen LogP contribution in [0.3, 0.4) is 0 Å². The van der Waals surface area contributed by atoms with Crippen LogP contribution in [-0.2, 0) is 4.79 Å². The Balaban J connectivity index is 1.62. The van der Waals surface area contributed by atoms with Gasteiger partial charge in [0.1, 0.15) is 5.75 Å². The van der Waals surface area contributed by atoms with Gasteiger partial charge in [-0.15, -0.1) is 0 Å². The van der Waals surface area contributed by atoms with Gasteiger partial charge < -0.3 is 14.2 Å². The lowest BCUT2D eigenvalue weighted by Gasteiger charge is -2.14. The first-order valence-corrected chi connectivity index (χ1v) is 8.70. The van der Waals surface area contributed by atoms with Crippen molar-refractivity contribution in [1.29, 1.82) is 0 Å². The summed E-state index contributed by atoms with van der Waals surface area (Å²) in [6.45, 7) is 0.221. The van der Waals surface area contributed by atoms with E-state index in [1.54, 1.807) is 19.2 Å². The maximum Gasteiger partial charge on any atom is 0.270 e. The first-order chi connectivity index (χ1) is 12.2. The number of hydrogen-bond donors (Lipinski definition) is 0. The van der Waals surface area contributed by atoms with Gasteiger partial charge in [0.25, 0.3) is 5.91 Å². The number of anilines is 1. The molecule has 0 aromatic heterocycles. The van der Waals surface area contributed by atoms with Crippen LogP contribution in [0.4, 0.5) is 5.69 Å². The van der Waals surface area contributed by atoms with E-state index in [9.17, 15) is 4.79 Å². The van der Waals surface area contributed by atoms with Crippen molar-refractivity contribution in [2.24, 2.45) is 0 Å². The Kier molecular flexibility index (Phi) is 4.10. The second kappa shape index (κ2) is 6.42. The third-order valence-corrected chi connectivity index (χ3v) is 5.12. The van der Waals surface area contributed by atoms with E-state index >= 15 is 0 Å². The Bertz CT molecular complexity index is 892. The van der Waals surface area contributed by atoms with Crippen LogP contribution in [0.15, 0.2) is 47.4 Å². The van der Waals surface area contributed by atoms with Gasteiger partial charge in [-0.1, -0.05) is 30.0 Å². The SMILES string of the molecule is COc1ccc(N2C(=O)C(=Cc3ccc4c(c3)OCO4)SC2=S)cc1. The molecule has 7 heteroatoms. The van der Waals surface area contributed by atoms with E-state index in [4.69, 9.17) is 26.4 Å². The van der Waals surface area contributed by atoms with E-state index in [2.05, 4.69) is 0 Å². The summed E-state index contributed by atoms with van der Waals surface area (Å²) >= 11 is 6.67. The molecule has 1 fully saturated rings. The molecule has 5 nitrogen and oxygen atoms in total. The topological polar surface area (TPSA) is 48.0 Å². The van der Waals surface area contributed by atoms with Crippen LogP contribution in [0, 0.1) is 0 Å². The fraction of sp³-hybridized carbons (Fsp3) is 0.111. The Morgan fingerprint density at radius 2 is 1.92 bits per heavy atom. The van der Waals surface area contributed by atoms with Gasteiger partial charge in [-0.25, -0.2) is 0 Å². The van der Waals surface area contributed by atoms with Gasteiger partial charge in [-0.2, -0.15) is 0 Å². The molecule has 0 saturated carbocycles. The summed E-state index contributed by atoms with van der Waals surface area (Å²) < 4.78 is 16.3. The average Bonchev–Trinajstić information content (AvgIpc) is 3.19. The lowest BCUT2D eigenvalue weighted by atomic mass is 10.2. The molecular weight excluding hydrogens is 358 g/mol. The molecule has 1 amide bonds. The largest absolute Gasteiger partial charge is 0.497 e. The highest BCUT2D eigenvalue weighted by atomic mass is 32.2. The predicted octanol–water partition coefficient (Wildman–Crippen LogP) is 3.83. The van der Waals surface area contributed by atoms with Crippen molar-refractivity contribution in [3.8, 4) is 17.2 Å². The number of thiocarbonyl (C=S) groups is 1. The van der Waals surface area contributed by atoms with Gasteiger partial charge in [0.2, 0.25) is 6.79 Å². The van der Waals surface area contributed by atoms with Gasteiger partial charge >= 0.3 is 0 Å². The molecule has 0 atom stereocenters. The number of hydrogen-bond acceptors (Lipinski definition) is 6. The summed E-state index contributed by atoms with van der Waals surface area (Å²) in [6, 6.07) is 12.8. The number of nitrogens with zero attached hydrogens (tertiary/aromatic N) is 1. The molecule has 4 rings (SSSR count). The number of methoxy groups -OCH3 is 1. The van der Waals surface area contributed by atoms with Gasteiger partial charge in [0.05, 0.1) is 17.7 Å². The summed E-state index contributed by atoms with van der Waals surface area (Å²) in [5, 5.41) is 0. The minimum atomic E-state index is -0.141. The van der Waals surface area contributed by atoms with Gasteiger partial charge in [0.15, 0.2) is 15.8 Å². The third-order valence-electron chi connectivity index (χ3n) is 3.82. The normalized spacial score (nSPS) is 17.5. The summed E-state index contributed by atoms with van der Waals surface area (Å²) in [6.07, 6.45) is 1.81. The van der Waals surface area contributed by atoms with Gasteiger partial charge in [-0.05, 0) is 48.0 Å². The Morgan fingerprint density at radius 1 is 1.16 bits per heavy atom. The minimum absolute atomic E-state index is 0.141. The standard InChI is InChI=1S/C18H13NO4S2/c1-21-13-5-3-12(4-6-13)19-17(20)16(25-18(19)24)9-11-2-7-14-15(8-11)23-10-22-14/h2-9H,10H2,1H3. The van der Waals surface area contributed by atoms with Crippen molar-refractivity contribution in [3.05, 3.63) is 52.9 Å². The van der Waals surface area contributed by atoms with Crippen molar-refractivity contribution >= 4 is 46.0 Å². The smallest absolute Gasteiger partial charge is 0.270 e. The number of amides is 1. The number of thioether (sulfide) groups is 1. The summed E-state index contributed by atoms with van der Waals surface area (Å²) in [5.41, 5.74) is 1.58. The van der Waals surface area contributed by atoms with E-state index in [0.29, 0.717) is 20.7 Å². The molecule has 2 aliphatic heterocycles. The average molecular weight is 371 g/mol. The van der Waals surface area contributed by atoms with E-state index < -0.39 is 0 Å². The molecule has 0 radical (unpaired) electrons. The molecular formula is C18H13NO4S2. The first kappa shape index (κ1) is 16.0. The fourth-order valence-electron chi connectivity index (χ4n) is 2.58. The molecule has 2 aromatic carbocycles. The van der Waals surface area contributed by atoms with Crippen molar-refractivity contribution in [1.82, 2.24) is 0 Å². The maximum atomic E-state index is 12.8. The van der Waals surface area contributed by atoms with Gasteiger partial charge in [0, 0.05) is 0 Å². The van der Waals surface area contributed by atoms with Crippen molar-refractivity contribution in [2.45, 2.75) is 0 Å². The number of rotatable bonds is 3. The van der Waals surface area contributed by atoms with Crippen molar-refractivity contribution in [2.75, 3.05) is 18.8 Å². The highest BCUT2D eigenvalue weighted by Crippen LogP contribution is 2.38. The van der Waals surface area contributed by atoms with E-state index in [1.165, 1.54) is 16.7 Å². The van der Waals surface area contributed by atoms with Crippen LogP contribution in [0.5, 0.6) is 17.2 Å². The second-order valence-corrected chi connectivity index (χ2v) is 7.00. The fourth-order valence-corrected chi connectivity index (χ4v) is 3.87. The zero-order valence-electron chi connectivity index (χ0n) is 13.2. The van der Waals surface area contributed by atoms with Crippen molar-refractivity contribution in [3.63, 3.8) is 0 Å². The molecule has 2 aromatic rings. The molecule has 2 heterocycles.